The molecule has 14 heavy (non-hydrogen) atoms. The molecule has 1 fully saturated rings. The summed E-state index contributed by atoms with van der Waals surface area (Å²) in [5, 5.41) is 3.32. The molecule has 0 aliphatic carbocycles. The number of piperidine rings is 1. The first-order chi connectivity index (χ1) is 6.83. The van der Waals surface area contributed by atoms with Gasteiger partial charge in [0.25, 0.3) is 0 Å². The fourth-order valence-electron chi connectivity index (χ4n) is 1.91. The molecule has 0 amide bonds. The summed E-state index contributed by atoms with van der Waals surface area (Å²) in [4.78, 5) is 11.5. The quantitative estimate of drug-likeness (QED) is 0.532. The van der Waals surface area contributed by atoms with E-state index in [1.165, 1.54) is 12.8 Å². The van der Waals surface area contributed by atoms with E-state index in [1.54, 1.807) is 0 Å². The molecule has 2 heteroatoms. The van der Waals surface area contributed by atoms with Gasteiger partial charge in [-0.05, 0) is 38.3 Å². The SMILES string of the molecule is C#CCCCC(=O)CC1CCCNC1. The smallest absolute Gasteiger partial charge is 0.133 e. The van der Waals surface area contributed by atoms with Crippen LogP contribution in [0.25, 0.3) is 0 Å². The standard InChI is InChI=1S/C12H19NO/c1-2-3-4-7-12(14)9-11-6-5-8-13-10-11/h1,11,13H,3-10H2. The summed E-state index contributed by atoms with van der Waals surface area (Å²) in [7, 11) is 0. The largest absolute Gasteiger partial charge is 0.316 e. The highest BCUT2D eigenvalue weighted by molar-refractivity contribution is 5.78. The molecule has 1 N–H and O–H groups in total. The van der Waals surface area contributed by atoms with Crippen LogP contribution < -0.4 is 5.32 Å². The molecule has 0 aromatic carbocycles. The number of hydrogen-bond acceptors (Lipinski definition) is 2. The molecule has 0 aromatic rings. The highest BCUT2D eigenvalue weighted by Crippen LogP contribution is 2.15. The van der Waals surface area contributed by atoms with Crippen molar-refractivity contribution in [3.05, 3.63) is 0 Å². The second kappa shape index (κ2) is 6.62. The predicted molar refractivity (Wildman–Crippen MR) is 57.9 cm³/mol. The zero-order valence-electron chi connectivity index (χ0n) is 8.72. The van der Waals surface area contributed by atoms with E-state index in [0.29, 0.717) is 18.1 Å². The van der Waals surface area contributed by atoms with Crippen molar-refractivity contribution >= 4 is 5.78 Å². The Hall–Kier alpha value is -0.810. The molecular formula is C12H19NO. The lowest BCUT2D eigenvalue weighted by Crippen LogP contribution is -2.31. The highest BCUT2D eigenvalue weighted by Gasteiger charge is 2.15. The second-order valence-electron chi connectivity index (χ2n) is 4.01. The van der Waals surface area contributed by atoms with E-state index >= 15 is 0 Å². The molecule has 1 saturated heterocycles. The number of nitrogens with one attached hydrogen (secondary N) is 1. The van der Waals surface area contributed by atoms with Crippen LogP contribution in [0.15, 0.2) is 0 Å². The van der Waals surface area contributed by atoms with Gasteiger partial charge in [0.2, 0.25) is 0 Å². The first-order valence-electron chi connectivity index (χ1n) is 5.49. The second-order valence-corrected chi connectivity index (χ2v) is 4.01. The van der Waals surface area contributed by atoms with Gasteiger partial charge in [0.15, 0.2) is 0 Å². The Morgan fingerprint density at radius 3 is 3.07 bits per heavy atom. The zero-order valence-corrected chi connectivity index (χ0v) is 8.72. The minimum absolute atomic E-state index is 0.383. The maximum Gasteiger partial charge on any atom is 0.133 e. The van der Waals surface area contributed by atoms with Crippen LogP contribution in [0.1, 0.15) is 38.5 Å². The van der Waals surface area contributed by atoms with Crippen LogP contribution in [0, 0.1) is 18.3 Å². The molecule has 0 spiro atoms. The van der Waals surface area contributed by atoms with Gasteiger partial charge in [0, 0.05) is 19.3 Å². The first-order valence-corrected chi connectivity index (χ1v) is 5.49. The lowest BCUT2D eigenvalue weighted by Gasteiger charge is -2.21. The minimum atomic E-state index is 0.383. The van der Waals surface area contributed by atoms with Gasteiger partial charge in [0.1, 0.15) is 5.78 Å². The van der Waals surface area contributed by atoms with E-state index < -0.39 is 0 Å². The Balaban J connectivity index is 2.10. The van der Waals surface area contributed by atoms with Crippen LogP contribution >= 0.6 is 0 Å². The average Bonchev–Trinajstić information content (AvgIpc) is 2.20. The molecular weight excluding hydrogens is 174 g/mol. The first kappa shape index (κ1) is 11.3. The highest BCUT2D eigenvalue weighted by atomic mass is 16.1. The molecule has 1 heterocycles. The van der Waals surface area contributed by atoms with E-state index in [2.05, 4.69) is 11.2 Å². The third kappa shape index (κ3) is 4.43. The molecule has 0 bridgehead atoms. The van der Waals surface area contributed by atoms with Gasteiger partial charge in [-0.2, -0.15) is 0 Å². The lowest BCUT2D eigenvalue weighted by atomic mass is 9.93. The van der Waals surface area contributed by atoms with Crippen molar-refractivity contribution in [2.75, 3.05) is 13.1 Å². The summed E-state index contributed by atoms with van der Waals surface area (Å²) in [6, 6.07) is 0. The molecule has 78 valence electrons. The number of carbonyl (C=O) groups is 1. The number of ketones is 1. The number of unbranched alkanes of at least 4 members (excludes halogenated alkanes) is 1. The van der Waals surface area contributed by atoms with Gasteiger partial charge >= 0.3 is 0 Å². The maximum absolute atomic E-state index is 11.5. The van der Waals surface area contributed by atoms with Gasteiger partial charge in [-0.1, -0.05) is 0 Å². The molecule has 1 aliphatic heterocycles. The van der Waals surface area contributed by atoms with Crippen LogP contribution in [0.4, 0.5) is 0 Å². The van der Waals surface area contributed by atoms with Crippen molar-refractivity contribution in [3.8, 4) is 12.3 Å². The fraction of sp³-hybridized carbons (Fsp3) is 0.750. The molecule has 0 saturated carbocycles. The van der Waals surface area contributed by atoms with Gasteiger partial charge in [0.05, 0.1) is 0 Å². The van der Waals surface area contributed by atoms with Crippen molar-refractivity contribution in [3.63, 3.8) is 0 Å². The third-order valence-electron chi connectivity index (χ3n) is 2.69. The van der Waals surface area contributed by atoms with E-state index in [-0.39, 0.29) is 0 Å². The molecule has 1 aliphatic rings. The molecule has 2 nitrogen and oxygen atoms in total. The van der Waals surface area contributed by atoms with Gasteiger partial charge in [-0.25, -0.2) is 0 Å². The summed E-state index contributed by atoms with van der Waals surface area (Å²) >= 11 is 0. The predicted octanol–water partition coefficient (Wildman–Crippen LogP) is 1.75. The van der Waals surface area contributed by atoms with Crippen molar-refractivity contribution in [2.45, 2.75) is 38.5 Å². The topological polar surface area (TPSA) is 29.1 Å². The van der Waals surface area contributed by atoms with E-state index in [0.717, 1.165) is 32.4 Å². The van der Waals surface area contributed by atoms with E-state index in [9.17, 15) is 4.79 Å². The fourth-order valence-corrected chi connectivity index (χ4v) is 1.91. The monoisotopic (exact) mass is 193 g/mol. The Labute approximate surface area is 86.5 Å². The maximum atomic E-state index is 11.5. The van der Waals surface area contributed by atoms with Crippen LogP contribution in [0.3, 0.4) is 0 Å². The van der Waals surface area contributed by atoms with E-state index in [4.69, 9.17) is 6.42 Å². The Morgan fingerprint density at radius 2 is 2.43 bits per heavy atom. The van der Waals surface area contributed by atoms with Crippen molar-refractivity contribution in [1.29, 1.82) is 0 Å². The Bertz CT molecular complexity index is 211. The van der Waals surface area contributed by atoms with Gasteiger partial charge < -0.3 is 5.32 Å². The number of rotatable bonds is 5. The molecule has 1 rings (SSSR count). The Kier molecular flexibility index (Phi) is 5.32. The summed E-state index contributed by atoms with van der Waals surface area (Å²) in [6.45, 7) is 2.13. The van der Waals surface area contributed by atoms with Crippen LogP contribution in [-0.4, -0.2) is 18.9 Å². The summed E-state index contributed by atoms with van der Waals surface area (Å²) in [5.41, 5.74) is 0. The number of Topliss-reactive ketones (excluding diaryl/α,β-unsaturated/α-hetero) is 1. The zero-order chi connectivity index (χ0) is 10.2. The van der Waals surface area contributed by atoms with Crippen molar-refractivity contribution in [1.82, 2.24) is 5.32 Å². The lowest BCUT2D eigenvalue weighted by molar-refractivity contribution is -0.120. The summed E-state index contributed by atoms with van der Waals surface area (Å²) < 4.78 is 0. The number of terminal acetylenes is 1. The average molecular weight is 193 g/mol. The van der Waals surface area contributed by atoms with Gasteiger partial charge in [-0.3, -0.25) is 4.79 Å². The van der Waals surface area contributed by atoms with E-state index in [1.807, 2.05) is 0 Å². The Morgan fingerprint density at radius 1 is 1.57 bits per heavy atom. The molecule has 0 aromatic heterocycles. The van der Waals surface area contributed by atoms with Gasteiger partial charge in [-0.15, -0.1) is 12.3 Å². The van der Waals surface area contributed by atoms with Crippen molar-refractivity contribution in [2.24, 2.45) is 5.92 Å². The van der Waals surface area contributed by atoms with Crippen molar-refractivity contribution < 1.29 is 4.79 Å². The normalized spacial score (nSPS) is 21.5. The minimum Gasteiger partial charge on any atom is -0.316 e. The number of carbonyl (C=O) groups excluding carboxylic acids is 1. The van der Waals surface area contributed by atoms with Crippen LogP contribution in [0.2, 0.25) is 0 Å². The van der Waals surface area contributed by atoms with Crippen LogP contribution in [-0.2, 0) is 4.79 Å². The summed E-state index contributed by atoms with van der Waals surface area (Å²) in [6.07, 6.45) is 10.5. The third-order valence-corrected chi connectivity index (χ3v) is 2.69. The molecule has 1 atom stereocenters. The molecule has 1 unspecified atom stereocenters. The summed E-state index contributed by atoms with van der Waals surface area (Å²) in [5.74, 6) is 3.52. The number of hydrogen-bond donors (Lipinski definition) is 1. The van der Waals surface area contributed by atoms with Crippen LogP contribution in [0.5, 0.6) is 0 Å². The molecule has 0 radical (unpaired) electrons.